The molecule has 0 radical (unpaired) electrons. The van der Waals surface area contributed by atoms with Crippen LogP contribution in [0.5, 0.6) is 0 Å². The molecule has 5 nitrogen and oxygen atoms in total. The van der Waals surface area contributed by atoms with Crippen LogP contribution in [-0.2, 0) is 4.74 Å². The highest BCUT2D eigenvalue weighted by Gasteiger charge is 2.31. The van der Waals surface area contributed by atoms with Crippen molar-refractivity contribution in [2.45, 2.75) is 31.1 Å². The zero-order valence-corrected chi connectivity index (χ0v) is 9.43. The van der Waals surface area contributed by atoms with Crippen LogP contribution in [0, 0.1) is 0 Å². The van der Waals surface area contributed by atoms with E-state index in [1.54, 1.807) is 0 Å². The number of carboxylic acids is 1. The minimum absolute atomic E-state index is 0.232. The van der Waals surface area contributed by atoms with E-state index in [0.29, 0.717) is 12.5 Å². The summed E-state index contributed by atoms with van der Waals surface area (Å²) >= 11 is 0. The number of hydrogen-bond acceptors (Lipinski definition) is 4. The molecule has 2 fully saturated rings. The minimum atomic E-state index is -0.930. The quantitative estimate of drug-likeness (QED) is 0.859. The van der Waals surface area contributed by atoms with Crippen molar-refractivity contribution in [1.82, 2.24) is 9.97 Å². The molecule has 1 aromatic heterocycles. The summed E-state index contributed by atoms with van der Waals surface area (Å²) in [5, 5.41) is 9.09. The first-order valence-electron chi connectivity index (χ1n) is 5.93. The average Bonchev–Trinajstić information content (AvgIpc) is 3.03. The Balaban J connectivity index is 1.96. The van der Waals surface area contributed by atoms with Crippen LogP contribution in [0.15, 0.2) is 6.20 Å². The van der Waals surface area contributed by atoms with E-state index >= 15 is 0 Å². The molecule has 2 aliphatic rings. The van der Waals surface area contributed by atoms with Gasteiger partial charge < -0.3 is 9.84 Å². The van der Waals surface area contributed by atoms with Crippen molar-refractivity contribution in [1.29, 1.82) is 0 Å². The predicted molar refractivity (Wildman–Crippen MR) is 59.1 cm³/mol. The van der Waals surface area contributed by atoms with E-state index in [1.165, 1.54) is 6.20 Å². The van der Waals surface area contributed by atoms with Gasteiger partial charge in [0.2, 0.25) is 0 Å². The summed E-state index contributed by atoms with van der Waals surface area (Å²) in [4.78, 5) is 19.7. The Labute approximate surface area is 98.8 Å². The smallest absolute Gasteiger partial charge is 0.339 e. The maximum Gasteiger partial charge on any atom is 0.339 e. The molecule has 5 heteroatoms. The molecule has 0 aromatic carbocycles. The molecular formula is C12H14N2O3. The van der Waals surface area contributed by atoms with Gasteiger partial charge in [0, 0.05) is 24.6 Å². The maximum atomic E-state index is 11.1. The fourth-order valence-corrected chi connectivity index (χ4v) is 2.18. The van der Waals surface area contributed by atoms with Gasteiger partial charge in [0.1, 0.15) is 5.82 Å². The summed E-state index contributed by atoms with van der Waals surface area (Å²) in [6.07, 6.45) is 4.46. The lowest BCUT2D eigenvalue weighted by Crippen LogP contribution is -2.11. The number of hydrogen-bond donors (Lipinski definition) is 1. The molecule has 0 bridgehead atoms. The summed E-state index contributed by atoms with van der Waals surface area (Å²) in [5.74, 6) is 0.371. The molecule has 1 aliphatic heterocycles. The third-order valence-electron chi connectivity index (χ3n) is 3.33. The Morgan fingerprint density at radius 3 is 2.76 bits per heavy atom. The van der Waals surface area contributed by atoms with Crippen molar-refractivity contribution in [2.24, 2.45) is 0 Å². The van der Waals surface area contributed by atoms with Crippen molar-refractivity contribution in [2.75, 3.05) is 13.2 Å². The molecule has 1 saturated carbocycles. The molecule has 1 aromatic rings. The fraction of sp³-hybridized carbons (Fsp3) is 0.583. The van der Waals surface area contributed by atoms with Crippen LogP contribution in [0.4, 0.5) is 0 Å². The third-order valence-corrected chi connectivity index (χ3v) is 3.33. The summed E-state index contributed by atoms with van der Waals surface area (Å²) in [6, 6.07) is 0. The highest BCUT2D eigenvalue weighted by molar-refractivity contribution is 5.88. The van der Waals surface area contributed by atoms with Gasteiger partial charge in [-0.1, -0.05) is 0 Å². The summed E-state index contributed by atoms with van der Waals surface area (Å²) < 4.78 is 5.31. The Hall–Kier alpha value is -1.49. The molecule has 90 valence electrons. The Kier molecular flexibility index (Phi) is 2.55. The second-order valence-corrected chi connectivity index (χ2v) is 4.67. The lowest BCUT2D eigenvalue weighted by Gasteiger charge is -2.09. The second kappa shape index (κ2) is 4.07. The van der Waals surface area contributed by atoms with Crippen LogP contribution >= 0.6 is 0 Å². The lowest BCUT2D eigenvalue weighted by atomic mass is 10.1. The SMILES string of the molecule is O=C(O)c1cnc(C2CCOC2)nc1C1CC1. The molecule has 1 unspecified atom stereocenters. The minimum Gasteiger partial charge on any atom is -0.478 e. The van der Waals surface area contributed by atoms with Gasteiger partial charge in [-0.05, 0) is 19.3 Å². The number of ether oxygens (including phenoxy) is 1. The number of rotatable bonds is 3. The topological polar surface area (TPSA) is 72.3 Å². The van der Waals surface area contributed by atoms with Gasteiger partial charge in [-0.25, -0.2) is 14.8 Å². The number of aromatic carboxylic acids is 1. The van der Waals surface area contributed by atoms with E-state index in [1.807, 2.05) is 0 Å². The van der Waals surface area contributed by atoms with Crippen molar-refractivity contribution in [3.8, 4) is 0 Å². The van der Waals surface area contributed by atoms with Crippen molar-refractivity contribution in [3.05, 3.63) is 23.3 Å². The number of carboxylic acid groups (broad SMARTS) is 1. The van der Waals surface area contributed by atoms with E-state index in [4.69, 9.17) is 9.84 Å². The van der Waals surface area contributed by atoms with Gasteiger partial charge in [-0.2, -0.15) is 0 Å². The van der Waals surface area contributed by atoms with Crippen LogP contribution in [0.25, 0.3) is 0 Å². The zero-order valence-electron chi connectivity index (χ0n) is 9.43. The molecule has 0 amide bonds. The van der Waals surface area contributed by atoms with Gasteiger partial charge in [0.05, 0.1) is 17.9 Å². The third kappa shape index (κ3) is 2.02. The first-order valence-corrected chi connectivity index (χ1v) is 5.93. The fourth-order valence-electron chi connectivity index (χ4n) is 2.18. The average molecular weight is 234 g/mol. The van der Waals surface area contributed by atoms with Gasteiger partial charge in [-0.3, -0.25) is 0 Å². The van der Waals surface area contributed by atoms with Crippen molar-refractivity contribution in [3.63, 3.8) is 0 Å². The zero-order chi connectivity index (χ0) is 11.8. The number of aromatic nitrogens is 2. The molecule has 3 rings (SSSR count). The predicted octanol–water partition coefficient (Wildman–Crippen LogP) is 1.56. The van der Waals surface area contributed by atoms with Gasteiger partial charge in [0.25, 0.3) is 0 Å². The summed E-state index contributed by atoms with van der Waals surface area (Å²) in [7, 11) is 0. The summed E-state index contributed by atoms with van der Waals surface area (Å²) in [5.41, 5.74) is 0.976. The van der Waals surface area contributed by atoms with Gasteiger partial charge >= 0.3 is 5.97 Å². The lowest BCUT2D eigenvalue weighted by molar-refractivity contribution is 0.0694. The molecule has 0 spiro atoms. The second-order valence-electron chi connectivity index (χ2n) is 4.67. The first-order chi connectivity index (χ1) is 8.25. The van der Waals surface area contributed by atoms with E-state index in [-0.39, 0.29) is 11.5 Å². The van der Waals surface area contributed by atoms with Crippen LogP contribution in [-0.4, -0.2) is 34.3 Å². The summed E-state index contributed by atoms with van der Waals surface area (Å²) in [6.45, 7) is 1.39. The van der Waals surface area contributed by atoms with Crippen molar-refractivity contribution < 1.29 is 14.6 Å². The van der Waals surface area contributed by atoms with Crippen LogP contribution in [0.2, 0.25) is 0 Å². The van der Waals surface area contributed by atoms with E-state index < -0.39 is 5.97 Å². The number of nitrogens with zero attached hydrogens (tertiary/aromatic N) is 2. The Bertz CT molecular complexity index is 451. The molecule has 17 heavy (non-hydrogen) atoms. The van der Waals surface area contributed by atoms with Gasteiger partial charge in [0.15, 0.2) is 0 Å². The first kappa shape index (κ1) is 10.7. The molecule has 1 atom stereocenters. The number of carbonyl (C=O) groups is 1. The monoisotopic (exact) mass is 234 g/mol. The highest BCUT2D eigenvalue weighted by atomic mass is 16.5. The van der Waals surface area contributed by atoms with Crippen LogP contribution in [0.3, 0.4) is 0 Å². The largest absolute Gasteiger partial charge is 0.478 e. The maximum absolute atomic E-state index is 11.1. The normalized spacial score (nSPS) is 23.9. The van der Waals surface area contributed by atoms with Crippen LogP contribution < -0.4 is 0 Å². The van der Waals surface area contributed by atoms with E-state index in [9.17, 15) is 4.79 Å². The molecule has 1 N–H and O–H groups in total. The highest BCUT2D eigenvalue weighted by Crippen LogP contribution is 2.41. The standard InChI is InChI=1S/C12H14N2O3/c15-12(16)9-5-13-11(8-3-4-17-6-8)14-10(9)7-1-2-7/h5,7-8H,1-4,6H2,(H,15,16). The van der Waals surface area contributed by atoms with E-state index in [2.05, 4.69) is 9.97 Å². The molecule has 2 heterocycles. The molecule has 1 aliphatic carbocycles. The Morgan fingerprint density at radius 2 is 2.18 bits per heavy atom. The molecule has 1 saturated heterocycles. The Morgan fingerprint density at radius 1 is 1.35 bits per heavy atom. The molecular weight excluding hydrogens is 220 g/mol. The van der Waals surface area contributed by atoms with Gasteiger partial charge in [-0.15, -0.1) is 0 Å². The van der Waals surface area contributed by atoms with Crippen LogP contribution in [0.1, 0.15) is 53.0 Å². The van der Waals surface area contributed by atoms with E-state index in [0.717, 1.165) is 37.4 Å². The van der Waals surface area contributed by atoms with Crippen molar-refractivity contribution >= 4 is 5.97 Å².